The van der Waals surface area contributed by atoms with Crippen molar-refractivity contribution in [2.75, 3.05) is 6.26 Å². The molecule has 0 bridgehead atoms. The summed E-state index contributed by atoms with van der Waals surface area (Å²) in [5, 5.41) is 3.42. The molecule has 33 heavy (non-hydrogen) atoms. The highest BCUT2D eigenvalue weighted by molar-refractivity contribution is 7.92. The molecule has 4 rings (SSSR count). The zero-order valence-electron chi connectivity index (χ0n) is 16.5. The van der Waals surface area contributed by atoms with Gasteiger partial charge in [0.25, 0.3) is 5.91 Å². The molecular formula is C19H12ClF4N5O3S. The van der Waals surface area contributed by atoms with Crippen LogP contribution in [-0.2, 0) is 21.7 Å². The minimum Gasteiger partial charge on any atom is -0.329 e. The number of aromatic nitrogens is 4. The van der Waals surface area contributed by atoms with E-state index in [1.165, 1.54) is 41.2 Å². The summed E-state index contributed by atoms with van der Waals surface area (Å²) >= 11 is 5.66. The first-order valence-corrected chi connectivity index (χ1v) is 11.5. The number of halogens is 5. The number of hydrogen-bond acceptors (Lipinski definition) is 6. The van der Waals surface area contributed by atoms with Crippen LogP contribution in [0.4, 0.5) is 17.6 Å². The van der Waals surface area contributed by atoms with E-state index in [1.807, 2.05) is 0 Å². The number of amides is 1. The summed E-state index contributed by atoms with van der Waals surface area (Å²) in [6.07, 6.45) is -0.532. The van der Waals surface area contributed by atoms with Crippen molar-refractivity contribution in [2.45, 2.75) is 11.9 Å². The van der Waals surface area contributed by atoms with Crippen molar-refractivity contribution in [1.82, 2.24) is 19.5 Å². The maximum absolute atomic E-state index is 13.9. The van der Waals surface area contributed by atoms with Crippen molar-refractivity contribution in [3.63, 3.8) is 0 Å². The van der Waals surface area contributed by atoms with Gasteiger partial charge in [-0.05, 0) is 30.3 Å². The largest absolute Gasteiger partial charge is 0.471 e. The fourth-order valence-corrected chi connectivity index (χ4v) is 4.25. The van der Waals surface area contributed by atoms with Crippen LogP contribution < -0.4 is 0 Å². The molecule has 0 aliphatic rings. The standard InChI is InChI=1S/C19H12ClF4N5O3S/c1-33(31,28-17(30)13-3-2-11(20)7-14(13)21)9-12-8-29-5-4-10(6-15(29)25-12)16-26-18(32-27-16)19(22,23)24/h2-8H,9H2,1H3. The van der Waals surface area contributed by atoms with Gasteiger partial charge in [0.05, 0.1) is 26.7 Å². The summed E-state index contributed by atoms with van der Waals surface area (Å²) in [5.74, 6) is -3.87. The highest BCUT2D eigenvalue weighted by Crippen LogP contribution is 2.29. The maximum atomic E-state index is 13.9. The van der Waals surface area contributed by atoms with Crippen molar-refractivity contribution < 1.29 is 31.1 Å². The van der Waals surface area contributed by atoms with E-state index in [2.05, 4.69) is 24.0 Å². The molecule has 3 heterocycles. The predicted molar refractivity (Wildman–Crippen MR) is 109 cm³/mol. The quantitative estimate of drug-likeness (QED) is 0.378. The number of carbonyl (C=O) groups excluding carboxylic acids is 1. The Morgan fingerprint density at radius 3 is 2.67 bits per heavy atom. The highest BCUT2D eigenvalue weighted by atomic mass is 35.5. The van der Waals surface area contributed by atoms with E-state index < -0.39 is 33.5 Å². The fourth-order valence-electron chi connectivity index (χ4n) is 2.89. The van der Waals surface area contributed by atoms with Crippen molar-refractivity contribution >= 4 is 32.9 Å². The lowest BCUT2D eigenvalue weighted by Gasteiger charge is -2.03. The minimum atomic E-state index is -4.77. The molecular weight excluding hydrogens is 490 g/mol. The normalized spacial score (nSPS) is 13.8. The first-order valence-electron chi connectivity index (χ1n) is 8.99. The Morgan fingerprint density at radius 2 is 2.00 bits per heavy atom. The zero-order valence-corrected chi connectivity index (χ0v) is 18.1. The molecule has 0 spiro atoms. The van der Waals surface area contributed by atoms with E-state index in [1.54, 1.807) is 0 Å². The molecule has 0 saturated heterocycles. The molecule has 0 N–H and O–H groups in total. The van der Waals surface area contributed by atoms with Gasteiger partial charge in [-0.25, -0.2) is 13.6 Å². The Balaban J connectivity index is 1.60. The molecule has 0 saturated carbocycles. The van der Waals surface area contributed by atoms with Crippen LogP contribution in [0.3, 0.4) is 0 Å². The molecule has 0 aliphatic heterocycles. The molecule has 0 fully saturated rings. The van der Waals surface area contributed by atoms with Crippen LogP contribution >= 0.6 is 11.6 Å². The van der Waals surface area contributed by atoms with Crippen LogP contribution in [0.15, 0.2) is 51.6 Å². The van der Waals surface area contributed by atoms with E-state index in [0.717, 1.165) is 12.1 Å². The molecule has 1 unspecified atom stereocenters. The summed E-state index contributed by atoms with van der Waals surface area (Å²) in [4.78, 5) is 19.9. The number of alkyl halides is 3. The number of imidazole rings is 1. The molecule has 3 aromatic heterocycles. The van der Waals surface area contributed by atoms with Crippen molar-refractivity contribution in [3.8, 4) is 11.4 Å². The predicted octanol–water partition coefficient (Wildman–Crippen LogP) is 4.63. The summed E-state index contributed by atoms with van der Waals surface area (Å²) in [6.45, 7) is 0. The summed E-state index contributed by atoms with van der Waals surface area (Å²) in [6, 6.07) is 6.27. The van der Waals surface area contributed by atoms with Crippen molar-refractivity contribution in [3.05, 3.63) is 70.7 Å². The van der Waals surface area contributed by atoms with Gasteiger partial charge in [0, 0.05) is 29.2 Å². The number of benzene rings is 1. The third kappa shape index (κ3) is 5.03. The molecule has 1 amide bonds. The van der Waals surface area contributed by atoms with E-state index in [9.17, 15) is 26.6 Å². The molecule has 1 atom stereocenters. The second kappa shape index (κ2) is 8.23. The van der Waals surface area contributed by atoms with Crippen molar-refractivity contribution in [1.29, 1.82) is 0 Å². The minimum absolute atomic E-state index is 0.0980. The first kappa shape index (κ1) is 22.9. The second-order valence-electron chi connectivity index (χ2n) is 6.96. The van der Waals surface area contributed by atoms with Crippen LogP contribution in [0, 0.1) is 5.82 Å². The Bertz CT molecular complexity index is 1500. The van der Waals surface area contributed by atoms with Gasteiger partial charge in [-0.15, -0.1) is 0 Å². The average Bonchev–Trinajstić information content (AvgIpc) is 3.32. The lowest BCUT2D eigenvalue weighted by atomic mass is 10.2. The molecule has 4 aromatic rings. The lowest BCUT2D eigenvalue weighted by Crippen LogP contribution is -2.07. The smallest absolute Gasteiger partial charge is 0.329 e. The summed E-state index contributed by atoms with van der Waals surface area (Å²) in [7, 11) is -3.15. The summed E-state index contributed by atoms with van der Waals surface area (Å²) in [5.41, 5.74) is 0.434. The third-order valence-corrected chi connectivity index (χ3v) is 5.91. The highest BCUT2D eigenvalue weighted by Gasteiger charge is 2.38. The van der Waals surface area contributed by atoms with Gasteiger partial charge in [-0.1, -0.05) is 16.8 Å². The van der Waals surface area contributed by atoms with Gasteiger partial charge in [-0.2, -0.15) is 22.5 Å². The van der Waals surface area contributed by atoms with Crippen LogP contribution in [0.25, 0.3) is 17.0 Å². The van der Waals surface area contributed by atoms with Crippen LogP contribution in [0.5, 0.6) is 0 Å². The number of carbonyl (C=O) groups is 1. The lowest BCUT2D eigenvalue weighted by molar-refractivity contribution is -0.159. The third-order valence-electron chi connectivity index (χ3n) is 4.29. The van der Waals surface area contributed by atoms with Gasteiger partial charge >= 0.3 is 12.1 Å². The van der Waals surface area contributed by atoms with Gasteiger partial charge in [0.2, 0.25) is 5.82 Å². The van der Waals surface area contributed by atoms with E-state index in [0.29, 0.717) is 5.65 Å². The van der Waals surface area contributed by atoms with E-state index in [-0.39, 0.29) is 33.4 Å². The Morgan fingerprint density at radius 1 is 1.24 bits per heavy atom. The van der Waals surface area contributed by atoms with Crippen LogP contribution in [-0.4, -0.2) is 35.9 Å². The number of fused-ring (bicyclic) bond motifs is 1. The number of rotatable bonds is 4. The molecule has 8 nitrogen and oxygen atoms in total. The van der Waals surface area contributed by atoms with Crippen LogP contribution in [0.1, 0.15) is 21.9 Å². The van der Waals surface area contributed by atoms with E-state index in [4.69, 9.17) is 11.6 Å². The van der Waals surface area contributed by atoms with E-state index >= 15 is 0 Å². The molecule has 0 aliphatic carbocycles. The maximum Gasteiger partial charge on any atom is 0.471 e. The number of nitrogens with zero attached hydrogens (tertiary/aromatic N) is 5. The monoisotopic (exact) mass is 501 g/mol. The van der Waals surface area contributed by atoms with Gasteiger partial charge in [0.15, 0.2) is 0 Å². The van der Waals surface area contributed by atoms with Crippen molar-refractivity contribution in [2.24, 2.45) is 4.36 Å². The summed E-state index contributed by atoms with van der Waals surface area (Å²) < 4.78 is 74.2. The second-order valence-corrected chi connectivity index (χ2v) is 9.78. The van der Waals surface area contributed by atoms with Crippen LogP contribution in [0.2, 0.25) is 5.02 Å². The van der Waals surface area contributed by atoms with Gasteiger partial charge < -0.3 is 8.92 Å². The molecule has 14 heteroatoms. The SMILES string of the molecule is CS(=O)(Cc1cn2ccc(-c3noc(C(F)(F)F)n3)cc2n1)=NC(=O)c1ccc(Cl)cc1F. The Labute approximate surface area is 188 Å². The molecule has 172 valence electrons. The van der Waals surface area contributed by atoms with Gasteiger partial charge in [-0.3, -0.25) is 4.79 Å². The topological polar surface area (TPSA) is 103 Å². The van der Waals surface area contributed by atoms with Gasteiger partial charge in [0.1, 0.15) is 11.5 Å². The Kier molecular flexibility index (Phi) is 5.70. The average molecular weight is 502 g/mol. The zero-order chi connectivity index (χ0) is 24.0. The fraction of sp³-hybridized carbons (Fsp3) is 0.158. The molecule has 1 aromatic carbocycles. The molecule has 0 radical (unpaired) electrons. The Hall–Kier alpha value is -3.32. The number of pyridine rings is 1. The number of hydrogen-bond donors (Lipinski definition) is 0. The first-order chi connectivity index (χ1) is 15.4.